The lowest BCUT2D eigenvalue weighted by Gasteiger charge is -2.52. The lowest BCUT2D eigenvalue weighted by atomic mass is 9.85. The second-order valence-corrected chi connectivity index (χ2v) is 7.79. The molecule has 2 saturated heterocycles. The molecule has 7 nitrogen and oxygen atoms in total. The molecule has 1 atom stereocenters. The van der Waals surface area contributed by atoms with Gasteiger partial charge in [-0.25, -0.2) is 14.8 Å². The highest BCUT2D eigenvalue weighted by atomic mass is 32.1. The first kappa shape index (κ1) is 21.5. The summed E-state index contributed by atoms with van der Waals surface area (Å²) < 4.78 is 43.8. The second kappa shape index (κ2) is 9.06. The second-order valence-electron chi connectivity index (χ2n) is 6.81. The Hall–Kier alpha value is -2.24. The Morgan fingerprint density at radius 3 is 2.69 bits per heavy atom. The zero-order chi connectivity index (χ0) is 20.9. The number of carbonyl (C=O) groups is 1. The molecular weight excluding hydrogens is 411 g/mol. The Labute approximate surface area is 169 Å². The van der Waals surface area contributed by atoms with Crippen LogP contribution in [0.25, 0.3) is 0 Å². The van der Waals surface area contributed by atoms with Crippen LogP contribution in [0.1, 0.15) is 17.8 Å². The number of hydrogen-bond donors (Lipinski definition) is 1. The van der Waals surface area contributed by atoms with Gasteiger partial charge >= 0.3 is 12.1 Å². The minimum atomic E-state index is -5.08. The standard InChI is InChI=1S/C16H19N3O2S.C2HF3O2/c1-2-5-17-14(3-1)21-13-4-7-20-16(9-13)11-19(12-16)10-15-18-6-8-22-15;3-2(4,5)1(6)7/h1-3,5-6,8,13H,4,7,9-12H2;(H,6,7). The average molecular weight is 431 g/mol. The van der Waals surface area contributed by atoms with E-state index in [1.165, 1.54) is 5.01 Å². The van der Waals surface area contributed by atoms with Crippen molar-refractivity contribution in [3.8, 4) is 5.88 Å². The summed E-state index contributed by atoms with van der Waals surface area (Å²) >= 11 is 1.71. The summed E-state index contributed by atoms with van der Waals surface area (Å²) in [7, 11) is 0. The number of carboxylic acids is 1. The highest BCUT2D eigenvalue weighted by molar-refractivity contribution is 7.09. The third-order valence-corrected chi connectivity index (χ3v) is 5.25. The molecule has 2 fully saturated rings. The monoisotopic (exact) mass is 431 g/mol. The van der Waals surface area contributed by atoms with E-state index in [1.807, 2.05) is 29.8 Å². The molecule has 4 rings (SSSR count). The molecule has 158 valence electrons. The number of hydrogen-bond acceptors (Lipinski definition) is 7. The predicted octanol–water partition coefficient (Wildman–Crippen LogP) is 2.98. The maximum Gasteiger partial charge on any atom is 0.490 e. The third kappa shape index (κ3) is 6.12. The normalized spacial score (nSPS) is 21.0. The van der Waals surface area contributed by atoms with Crippen LogP contribution in [-0.4, -0.2) is 63.5 Å². The van der Waals surface area contributed by atoms with Crippen LogP contribution in [0, 0.1) is 0 Å². The topological polar surface area (TPSA) is 84.8 Å². The van der Waals surface area contributed by atoms with Gasteiger partial charge in [-0.3, -0.25) is 4.90 Å². The SMILES string of the molecule is O=C(O)C(F)(F)F.c1ccc(OC2CCOC3(C2)CN(Cc2nccs2)C3)nc1. The number of rotatable bonds is 4. The molecule has 0 aromatic carbocycles. The molecule has 4 heterocycles. The predicted molar refractivity (Wildman–Crippen MR) is 97.7 cm³/mol. The van der Waals surface area contributed by atoms with Crippen LogP contribution in [0.5, 0.6) is 5.88 Å². The van der Waals surface area contributed by atoms with Crippen LogP contribution in [0.15, 0.2) is 36.0 Å². The summed E-state index contributed by atoms with van der Waals surface area (Å²) in [6.45, 7) is 3.63. The van der Waals surface area contributed by atoms with Crippen molar-refractivity contribution in [2.75, 3.05) is 19.7 Å². The Morgan fingerprint density at radius 1 is 1.34 bits per heavy atom. The quantitative estimate of drug-likeness (QED) is 0.797. The van der Waals surface area contributed by atoms with Crippen LogP contribution in [0.2, 0.25) is 0 Å². The number of nitrogens with zero attached hydrogens (tertiary/aromatic N) is 3. The van der Waals surface area contributed by atoms with Gasteiger partial charge in [-0.2, -0.15) is 13.2 Å². The number of ether oxygens (including phenoxy) is 2. The van der Waals surface area contributed by atoms with E-state index in [-0.39, 0.29) is 11.7 Å². The number of halogens is 3. The largest absolute Gasteiger partial charge is 0.490 e. The Kier molecular flexibility index (Phi) is 6.70. The Morgan fingerprint density at radius 2 is 2.10 bits per heavy atom. The molecule has 2 aliphatic rings. The summed E-state index contributed by atoms with van der Waals surface area (Å²) in [6.07, 6.45) is 0.626. The molecule has 29 heavy (non-hydrogen) atoms. The first-order valence-corrected chi connectivity index (χ1v) is 9.76. The van der Waals surface area contributed by atoms with Crippen LogP contribution in [-0.2, 0) is 16.1 Å². The summed E-state index contributed by atoms with van der Waals surface area (Å²) in [4.78, 5) is 19.9. The summed E-state index contributed by atoms with van der Waals surface area (Å²) in [6, 6.07) is 5.77. The minimum absolute atomic E-state index is 0.0328. The Balaban J connectivity index is 0.000000298. The maximum atomic E-state index is 10.6. The van der Waals surface area contributed by atoms with Gasteiger partial charge in [-0.05, 0) is 6.07 Å². The van der Waals surface area contributed by atoms with Gasteiger partial charge in [0.1, 0.15) is 11.1 Å². The average Bonchev–Trinajstić information content (AvgIpc) is 3.14. The molecule has 0 bridgehead atoms. The lowest BCUT2D eigenvalue weighted by Crippen LogP contribution is -2.65. The number of aliphatic carboxylic acids is 1. The van der Waals surface area contributed by atoms with Gasteiger partial charge in [0, 0.05) is 49.8 Å². The number of pyridine rings is 1. The Bertz CT molecular complexity index is 783. The number of carboxylic acid groups (broad SMARTS) is 1. The van der Waals surface area contributed by atoms with Crippen molar-refractivity contribution in [1.29, 1.82) is 0 Å². The van der Waals surface area contributed by atoms with Crippen molar-refractivity contribution in [2.45, 2.75) is 37.3 Å². The smallest absolute Gasteiger partial charge is 0.475 e. The van der Waals surface area contributed by atoms with Crippen LogP contribution in [0.3, 0.4) is 0 Å². The van der Waals surface area contributed by atoms with E-state index in [0.29, 0.717) is 5.88 Å². The minimum Gasteiger partial charge on any atom is -0.475 e. The zero-order valence-electron chi connectivity index (χ0n) is 15.3. The van der Waals surface area contributed by atoms with Gasteiger partial charge in [-0.1, -0.05) is 6.07 Å². The van der Waals surface area contributed by atoms with Gasteiger partial charge in [0.25, 0.3) is 0 Å². The fourth-order valence-electron chi connectivity index (χ4n) is 3.29. The van der Waals surface area contributed by atoms with E-state index in [9.17, 15) is 13.2 Å². The highest BCUT2D eigenvalue weighted by Gasteiger charge is 2.48. The molecule has 11 heteroatoms. The molecule has 2 aromatic heterocycles. The van der Waals surface area contributed by atoms with Crippen molar-refractivity contribution in [1.82, 2.24) is 14.9 Å². The van der Waals surface area contributed by atoms with Gasteiger partial charge < -0.3 is 14.6 Å². The van der Waals surface area contributed by atoms with Crippen LogP contribution >= 0.6 is 11.3 Å². The molecule has 2 aliphatic heterocycles. The molecule has 0 saturated carbocycles. The van der Waals surface area contributed by atoms with Gasteiger partial charge in [0.05, 0.1) is 18.8 Å². The fourth-order valence-corrected chi connectivity index (χ4v) is 3.95. The number of aromatic nitrogens is 2. The van der Waals surface area contributed by atoms with Crippen molar-refractivity contribution >= 4 is 17.3 Å². The molecule has 1 N–H and O–H groups in total. The number of likely N-dealkylation sites (tertiary alicyclic amines) is 1. The molecule has 1 unspecified atom stereocenters. The lowest BCUT2D eigenvalue weighted by molar-refractivity contribution is -0.192. The fraction of sp³-hybridized carbons (Fsp3) is 0.500. The number of alkyl halides is 3. The first-order chi connectivity index (χ1) is 13.8. The molecule has 0 aliphatic carbocycles. The molecule has 0 amide bonds. The van der Waals surface area contributed by atoms with Gasteiger partial charge in [-0.15, -0.1) is 11.3 Å². The van der Waals surface area contributed by atoms with Gasteiger partial charge in [0.15, 0.2) is 0 Å². The van der Waals surface area contributed by atoms with Crippen molar-refractivity contribution < 1.29 is 32.5 Å². The van der Waals surface area contributed by atoms with E-state index in [2.05, 4.69) is 14.9 Å². The maximum absolute atomic E-state index is 10.6. The first-order valence-electron chi connectivity index (χ1n) is 8.88. The molecule has 2 aromatic rings. The van der Waals surface area contributed by atoms with Gasteiger partial charge in [0.2, 0.25) is 5.88 Å². The molecule has 0 radical (unpaired) electrons. The van der Waals surface area contributed by atoms with Crippen LogP contribution < -0.4 is 4.74 Å². The van der Waals surface area contributed by atoms with E-state index in [4.69, 9.17) is 19.4 Å². The zero-order valence-corrected chi connectivity index (χ0v) is 16.2. The highest BCUT2D eigenvalue weighted by Crippen LogP contribution is 2.36. The van der Waals surface area contributed by atoms with E-state index < -0.39 is 12.1 Å². The van der Waals surface area contributed by atoms with E-state index in [0.717, 1.165) is 39.1 Å². The third-order valence-electron chi connectivity index (χ3n) is 4.48. The number of thiazole rings is 1. The molecule has 1 spiro atoms. The summed E-state index contributed by atoms with van der Waals surface area (Å²) in [5.41, 5.74) is -0.0328. The van der Waals surface area contributed by atoms with Crippen molar-refractivity contribution in [3.05, 3.63) is 41.0 Å². The summed E-state index contributed by atoms with van der Waals surface area (Å²) in [5.74, 6) is -2.05. The van der Waals surface area contributed by atoms with Crippen LogP contribution in [0.4, 0.5) is 13.2 Å². The van der Waals surface area contributed by atoms with E-state index >= 15 is 0 Å². The molecular formula is C18H20F3N3O4S. The van der Waals surface area contributed by atoms with E-state index in [1.54, 1.807) is 17.5 Å². The van der Waals surface area contributed by atoms with Crippen molar-refractivity contribution in [2.24, 2.45) is 0 Å². The summed E-state index contributed by atoms with van der Waals surface area (Å²) in [5, 5.41) is 10.3. The van der Waals surface area contributed by atoms with Crippen molar-refractivity contribution in [3.63, 3.8) is 0 Å².